The lowest BCUT2D eigenvalue weighted by atomic mass is 10.0. The van der Waals surface area contributed by atoms with Crippen LogP contribution >= 0.6 is 0 Å². The molecule has 1 aromatic rings. The summed E-state index contributed by atoms with van der Waals surface area (Å²) in [6, 6.07) is 7.92. The number of benzene rings is 1. The molecule has 1 aromatic carbocycles. The molecule has 0 spiro atoms. The largest absolute Gasteiger partial charge is 0.481 e. The molecule has 0 heterocycles. The van der Waals surface area contributed by atoms with Crippen LogP contribution in [0.4, 0.5) is 0 Å². The Morgan fingerprint density at radius 3 is 2.58 bits per heavy atom. The molecule has 1 fully saturated rings. The van der Waals surface area contributed by atoms with E-state index in [4.69, 9.17) is 5.11 Å². The number of hydrogen-bond donors (Lipinski definition) is 2. The maximum absolute atomic E-state index is 12.0. The second kappa shape index (κ2) is 5.87. The molecule has 0 radical (unpaired) electrons. The van der Waals surface area contributed by atoms with Gasteiger partial charge in [0.25, 0.3) is 0 Å². The zero-order valence-corrected chi connectivity index (χ0v) is 11.1. The van der Waals surface area contributed by atoms with E-state index in [-0.39, 0.29) is 17.7 Å². The number of aryl methyl sites for hydroxylation is 1. The highest BCUT2D eigenvalue weighted by atomic mass is 16.4. The minimum atomic E-state index is -0.783. The minimum Gasteiger partial charge on any atom is -0.481 e. The van der Waals surface area contributed by atoms with Gasteiger partial charge in [-0.3, -0.25) is 9.59 Å². The summed E-state index contributed by atoms with van der Waals surface area (Å²) < 4.78 is 0. The van der Waals surface area contributed by atoms with Crippen LogP contribution in [0.2, 0.25) is 0 Å². The van der Waals surface area contributed by atoms with E-state index in [1.807, 2.05) is 31.2 Å². The fourth-order valence-electron chi connectivity index (χ4n) is 2.58. The van der Waals surface area contributed by atoms with Gasteiger partial charge in [0, 0.05) is 12.5 Å². The quantitative estimate of drug-likeness (QED) is 0.872. The molecular formula is C15H19NO3. The number of carbonyl (C=O) groups excluding carboxylic acids is 1. The first-order valence-corrected chi connectivity index (χ1v) is 6.63. The van der Waals surface area contributed by atoms with Gasteiger partial charge in [-0.2, -0.15) is 0 Å². The van der Waals surface area contributed by atoms with Gasteiger partial charge < -0.3 is 10.4 Å². The Hall–Kier alpha value is -1.84. The number of carbonyl (C=O) groups is 2. The Kier molecular flexibility index (Phi) is 4.20. The minimum absolute atomic E-state index is 0.0213. The van der Waals surface area contributed by atoms with Gasteiger partial charge in [-0.25, -0.2) is 0 Å². The van der Waals surface area contributed by atoms with E-state index in [1.165, 1.54) is 0 Å². The third-order valence-electron chi connectivity index (χ3n) is 3.87. The SMILES string of the molecule is Cc1ccccc1CNC(=O)[C@@H]1CC[C@H](C(=O)O)C1. The highest BCUT2D eigenvalue weighted by Crippen LogP contribution is 2.31. The summed E-state index contributed by atoms with van der Waals surface area (Å²) in [6.45, 7) is 2.53. The average Bonchev–Trinajstić information content (AvgIpc) is 2.87. The van der Waals surface area contributed by atoms with Crippen molar-refractivity contribution >= 4 is 11.9 Å². The van der Waals surface area contributed by atoms with Crippen LogP contribution in [0, 0.1) is 18.8 Å². The number of hydrogen-bond acceptors (Lipinski definition) is 2. The van der Waals surface area contributed by atoms with Gasteiger partial charge in [0.2, 0.25) is 5.91 Å². The summed E-state index contributed by atoms with van der Waals surface area (Å²) in [7, 11) is 0. The molecule has 1 saturated carbocycles. The number of carboxylic acid groups (broad SMARTS) is 1. The van der Waals surface area contributed by atoms with E-state index in [0.29, 0.717) is 25.8 Å². The molecule has 19 heavy (non-hydrogen) atoms. The van der Waals surface area contributed by atoms with Gasteiger partial charge in [-0.15, -0.1) is 0 Å². The molecule has 1 aliphatic rings. The van der Waals surface area contributed by atoms with Gasteiger partial charge in [0.15, 0.2) is 0 Å². The van der Waals surface area contributed by atoms with Gasteiger partial charge in [0.1, 0.15) is 0 Å². The van der Waals surface area contributed by atoms with Gasteiger partial charge in [0.05, 0.1) is 5.92 Å². The lowest BCUT2D eigenvalue weighted by molar-refractivity contribution is -0.141. The number of nitrogens with one attached hydrogen (secondary N) is 1. The number of aliphatic carboxylic acids is 1. The number of carboxylic acids is 1. The third-order valence-corrected chi connectivity index (χ3v) is 3.87. The van der Waals surface area contributed by atoms with E-state index in [0.717, 1.165) is 11.1 Å². The molecule has 0 aliphatic heterocycles. The van der Waals surface area contributed by atoms with Gasteiger partial charge in [-0.05, 0) is 37.3 Å². The van der Waals surface area contributed by atoms with Crippen molar-refractivity contribution in [3.05, 3.63) is 35.4 Å². The Labute approximate surface area is 112 Å². The van der Waals surface area contributed by atoms with Crippen LogP contribution in [0.1, 0.15) is 30.4 Å². The molecule has 2 rings (SSSR count). The van der Waals surface area contributed by atoms with Crippen LogP contribution in [0.5, 0.6) is 0 Å². The topological polar surface area (TPSA) is 66.4 Å². The molecule has 0 aromatic heterocycles. The maximum Gasteiger partial charge on any atom is 0.306 e. The summed E-state index contributed by atoms with van der Waals surface area (Å²) in [6.07, 6.45) is 1.75. The van der Waals surface area contributed by atoms with E-state index in [1.54, 1.807) is 0 Å². The van der Waals surface area contributed by atoms with Crippen molar-refractivity contribution in [3.63, 3.8) is 0 Å². The van der Waals surface area contributed by atoms with E-state index < -0.39 is 5.97 Å². The second-order valence-electron chi connectivity index (χ2n) is 5.19. The predicted octanol–water partition coefficient (Wildman–Crippen LogP) is 2.11. The zero-order valence-electron chi connectivity index (χ0n) is 11.1. The summed E-state index contributed by atoms with van der Waals surface area (Å²) in [5.41, 5.74) is 2.25. The predicted molar refractivity (Wildman–Crippen MR) is 71.5 cm³/mol. The molecule has 0 unspecified atom stereocenters. The fraction of sp³-hybridized carbons (Fsp3) is 0.467. The monoisotopic (exact) mass is 261 g/mol. The van der Waals surface area contributed by atoms with Gasteiger partial charge >= 0.3 is 5.97 Å². The molecule has 4 heteroatoms. The normalized spacial score (nSPS) is 22.2. The first-order chi connectivity index (χ1) is 9.08. The standard InChI is InChI=1S/C15H19NO3/c1-10-4-2-3-5-13(10)9-16-14(17)11-6-7-12(8-11)15(18)19/h2-5,11-12H,6-9H2,1H3,(H,16,17)(H,18,19)/t11-,12+/m1/s1. The average molecular weight is 261 g/mol. The van der Waals surface area contributed by atoms with Crippen molar-refractivity contribution in [1.82, 2.24) is 5.32 Å². The molecule has 4 nitrogen and oxygen atoms in total. The van der Waals surface area contributed by atoms with E-state index >= 15 is 0 Å². The molecule has 1 amide bonds. The highest BCUT2D eigenvalue weighted by Gasteiger charge is 2.33. The van der Waals surface area contributed by atoms with Crippen LogP contribution in [-0.2, 0) is 16.1 Å². The maximum atomic E-state index is 12.0. The van der Waals surface area contributed by atoms with Crippen molar-refractivity contribution in [2.45, 2.75) is 32.7 Å². The highest BCUT2D eigenvalue weighted by molar-refractivity contribution is 5.80. The summed E-state index contributed by atoms with van der Waals surface area (Å²) >= 11 is 0. The Balaban J connectivity index is 1.86. The third kappa shape index (κ3) is 3.34. The van der Waals surface area contributed by atoms with E-state index in [9.17, 15) is 9.59 Å². The first kappa shape index (κ1) is 13.6. The van der Waals surface area contributed by atoms with Crippen LogP contribution < -0.4 is 5.32 Å². The Morgan fingerprint density at radius 2 is 1.95 bits per heavy atom. The van der Waals surface area contributed by atoms with Crippen molar-refractivity contribution in [1.29, 1.82) is 0 Å². The van der Waals surface area contributed by atoms with Crippen molar-refractivity contribution in [2.24, 2.45) is 11.8 Å². The van der Waals surface area contributed by atoms with Crippen molar-refractivity contribution in [2.75, 3.05) is 0 Å². The molecule has 1 aliphatic carbocycles. The second-order valence-corrected chi connectivity index (χ2v) is 5.19. The smallest absolute Gasteiger partial charge is 0.306 e. The van der Waals surface area contributed by atoms with E-state index in [2.05, 4.69) is 5.32 Å². The number of amides is 1. The number of rotatable bonds is 4. The van der Waals surface area contributed by atoms with Crippen LogP contribution in [0.3, 0.4) is 0 Å². The lowest BCUT2D eigenvalue weighted by Crippen LogP contribution is -2.29. The zero-order chi connectivity index (χ0) is 13.8. The molecule has 102 valence electrons. The first-order valence-electron chi connectivity index (χ1n) is 6.63. The Bertz CT molecular complexity index is 484. The van der Waals surface area contributed by atoms with Gasteiger partial charge in [-0.1, -0.05) is 24.3 Å². The molecule has 2 atom stereocenters. The lowest BCUT2D eigenvalue weighted by Gasteiger charge is -2.12. The van der Waals surface area contributed by atoms with Crippen molar-refractivity contribution < 1.29 is 14.7 Å². The molecular weight excluding hydrogens is 242 g/mol. The Morgan fingerprint density at radius 1 is 1.26 bits per heavy atom. The summed E-state index contributed by atoms with van der Waals surface area (Å²) in [4.78, 5) is 22.9. The van der Waals surface area contributed by atoms with Crippen LogP contribution in [-0.4, -0.2) is 17.0 Å². The van der Waals surface area contributed by atoms with Crippen LogP contribution in [0.25, 0.3) is 0 Å². The summed E-state index contributed by atoms with van der Waals surface area (Å²) in [5, 5.41) is 11.8. The summed E-state index contributed by atoms with van der Waals surface area (Å²) in [5.74, 6) is -1.31. The molecule has 0 bridgehead atoms. The fourth-order valence-corrected chi connectivity index (χ4v) is 2.58. The van der Waals surface area contributed by atoms with Crippen molar-refractivity contribution in [3.8, 4) is 0 Å². The molecule has 2 N–H and O–H groups in total. The molecule has 0 saturated heterocycles. The van der Waals surface area contributed by atoms with Crippen LogP contribution in [0.15, 0.2) is 24.3 Å².